The van der Waals surface area contributed by atoms with Crippen LogP contribution in [0.15, 0.2) is 24.3 Å². The van der Waals surface area contributed by atoms with Crippen LogP contribution in [0.2, 0.25) is 0 Å². The summed E-state index contributed by atoms with van der Waals surface area (Å²) in [5.41, 5.74) is 2.72. The number of rotatable bonds is 4. The first kappa shape index (κ1) is 12.6. The van der Waals surface area contributed by atoms with Crippen molar-refractivity contribution in [3.8, 4) is 0 Å². The molecular weight excluding hydrogens is 210 g/mol. The van der Waals surface area contributed by atoms with Gasteiger partial charge in [0, 0.05) is 12.6 Å². The lowest BCUT2D eigenvalue weighted by molar-refractivity contribution is 0.0913. The fourth-order valence-corrected chi connectivity index (χ4v) is 2.59. The second-order valence-corrected chi connectivity index (χ2v) is 5.10. The van der Waals surface area contributed by atoms with Crippen LogP contribution < -0.4 is 0 Å². The van der Waals surface area contributed by atoms with Crippen molar-refractivity contribution < 1.29 is 5.11 Å². The van der Waals surface area contributed by atoms with Gasteiger partial charge in [0.05, 0.1) is 6.61 Å². The highest BCUT2D eigenvalue weighted by molar-refractivity contribution is 5.21. The summed E-state index contributed by atoms with van der Waals surface area (Å²) in [6.45, 7) is 4.66. The Morgan fingerprint density at radius 1 is 1.24 bits per heavy atom. The SMILES string of the molecule is Cc1ccc(CCN2CCCCC2CO)cc1. The van der Waals surface area contributed by atoms with Crippen LogP contribution >= 0.6 is 0 Å². The smallest absolute Gasteiger partial charge is 0.0586 e. The largest absolute Gasteiger partial charge is 0.395 e. The van der Waals surface area contributed by atoms with Crippen LogP contribution in [0.4, 0.5) is 0 Å². The maximum Gasteiger partial charge on any atom is 0.0586 e. The zero-order valence-electron chi connectivity index (χ0n) is 10.7. The van der Waals surface area contributed by atoms with Crippen LogP contribution in [0.25, 0.3) is 0 Å². The Labute approximate surface area is 104 Å². The number of aliphatic hydroxyl groups excluding tert-OH is 1. The molecule has 1 unspecified atom stereocenters. The fraction of sp³-hybridized carbons (Fsp3) is 0.600. The van der Waals surface area contributed by atoms with E-state index in [1.54, 1.807) is 0 Å². The molecule has 1 aromatic rings. The number of benzene rings is 1. The lowest BCUT2D eigenvalue weighted by atomic mass is 10.0. The van der Waals surface area contributed by atoms with Crippen molar-refractivity contribution in [1.29, 1.82) is 0 Å². The van der Waals surface area contributed by atoms with Crippen molar-refractivity contribution >= 4 is 0 Å². The van der Waals surface area contributed by atoms with E-state index in [-0.39, 0.29) is 0 Å². The van der Waals surface area contributed by atoms with Gasteiger partial charge < -0.3 is 5.11 Å². The van der Waals surface area contributed by atoms with Crippen molar-refractivity contribution in [3.05, 3.63) is 35.4 Å². The molecule has 0 saturated carbocycles. The van der Waals surface area contributed by atoms with E-state index in [0.717, 1.165) is 25.9 Å². The van der Waals surface area contributed by atoms with Crippen LogP contribution in [0, 0.1) is 6.92 Å². The van der Waals surface area contributed by atoms with Crippen molar-refractivity contribution in [2.75, 3.05) is 19.7 Å². The summed E-state index contributed by atoms with van der Waals surface area (Å²) < 4.78 is 0. The summed E-state index contributed by atoms with van der Waals surface area (Å²) in [5.74, 6) is 0. The maximum atomic E-state index is 9.35. The minimum atomic E-state index is 0.313. The molecule has 94 valence electrons. The summed E-state index contributed by atoms with van der Waals surface area (Å²) in [5, 5.41) is 9.35. The Morgan fingerprint density at radius 2 is 2.00 bits per heavy atom. The summed E-state index contributed by atoms with van der Waals surface area (Å²) >= 11 is 0. The Kier molecular flexibility index (Phi) is 4.57. The first-order valence-corrected chi connectivity index (χ1v) is 6.70. The van der Waals surface area contributed by atoms with Gasteiger partial charge in [-0.3, -0.25) is 4.90 Å². The van der Waals surface area contributed by atoms with Gasteiger partial charge in [-0.25, -0.2) is 0 Å². The monoisotopic (exact) mass is 233 g/mol. The van der Waals surface area contributed by atoms with Crippen molar-refractivity contribution in [2.45, 2.75) is 38.6 Å². The quantitative estimate of drug-likeness (QED) is 0.863. The average Bonchev–Trinajstić information content (AvgIpc) is 2.38. The number of hydrogen-bond acceptors (Lipinski definition) is 2. The molecular formula is C15H23NO. The number of hydrogen-bond donors (Lipinski definition) is 1. The van der Waals surface area contributed by atoms with E-state index in [4.69, 9.17) is 0 Å². The number of aryl methyl sites for hydroxylation is 1. The Hall–Kier alpha value is -0.860. The molecule has 2 nitrogen and oxygen atoms in total. The molecule has 0 aliphatic carbocycles. The van der Waals surface area contributed by atoms with Gasteiger partial charge in [-0.05, 0) is 38.3 Å². The summed E-state index contributed by atoms with van der Waals surface area (Å²) in [7, 11) is 0. The van der Waals surface area contributed by atoms with Crippen molar-refractivity contribution in [2.24, 2.45) is 0 Å². The number of likely N-dealkylation sites (tertiary alicyclic amines) is 1. The third-order valence-corrected chi connectivity index (χ3v) is 3.77. The van der Waals surface area contributed by atoms with E-state index in [1.165, 1.54) is 24.0 Å². The van der Waals surface area contributed by atoms with E-state index >= 15 is 0 Å². The normalized spacial score (nSPS) is 21.6. The number of aliphatic hydroxyl groups is 1. The van der Waals surface area contributed by atoms with Crippen molar-refractivity contribution in [3.63, 3.8) is 0 Å². The molecule has 0 aromatic heterocycles. The first-order chi connectivity index (χ1) is 8.29. The lowest BCUT2D eigenvalue weighted by Gasteiger charge is -2.34. The van der Waals surface area contributed by atoms with Gasteiger partial charge >= 0.3 is 0 Å². The summed E-state index contributed by atoms with van der Waals surface area (Å²) in [4.78, 5) is 2.45. The van der Waals surface area contributed by atoms with Crippen LogP contribution in [0.3, 0.4) is 0 Å². The molecule has 2 heteroatoms. The third kappa shape index (κ3) is 3.55. The van der Waals surface area contributed by atoms with E-state index in [2.05, 4.69) is 36.1 Å². The van der Waals surface area contributed by atoms with E-state index < -0.39 is 0 Å². The standard InChI is InChI=1S/C15H23NO/c1-13-5-7-14(8-6-13)9-11-16-10-3-2-4-15(16)12-17/h5-8,15,17H,2-4,9-12H2,1H3. The highest BCUT2D eigenvalue weighted by Crippen LogP contribution is 2.17. The molecule has 17 heavy (non-hydrogen) atoms. The number of piperidine rings is 1. The lowest BCUT2D eigenvalue weighted by Crippen LogP contribution is -2.42. The van der Waals surface area contributed by atoms with E-state index in [1.807, 2.05) is 0 Å². The molecule has 0 radical (unpaired) electrons. The fourth-order valence-electron chi connectivity index (χ4n) is 2.59. The molecule has 1 fully saturated rings. The van der Waals surface area contributed by atoms with Gasteiger partial charge in [-0.15, -0.1) is 0 Å². The molecule has 1 atom stereocenters. The van der Waals surface area contributed by atoms with Crippen LogP contribution in [0.5, 0.6) is 0 Å². The molecule has 1 aliphatic heterocycles. The Balaban J connectivity index is 1.86. The summed E-state index contributed by atoms with van der Waals surface area (Å²) in [6.07, 6.45) is 4.80. The summed E-state index contributed by atoms with van der Waals surface area (Å²) in [6, 6.07) is 9.18. The van der Waals surface area contributed by atoms with Crippen LogP contribution in [0.1, 0.15) is 30.4 Å². The molecule has 1 aromatic carbocycles. The Morgan fingerprint density at radius 3 is 2.71 bits per heavy atom. The maximum absolute atomic E-state index is 9.35. The second kappa shape index (κ2) is 6.18. The van der Waals surface area contributed by atoms with Gasteiger partial charge in [0.1, 0.15) is 0 Å². The topological polar surface area (TPSA) is 23.5 Å². The van der Waals surface area contributed by atoms with Gasteiger partial charge in [-0.2, -0.15) is 0 Å². The molecule has 0 spiro atoms. The second-order valence-electron chi connectivity index (χ2n) is 5.10. The molecule has 1 heterocycles. The van der Waals surface area contributed by atoms with Crippen LogP contribution in [-0.4, -0.2) is 35.7 Å². The highest BCUT2D eigenvalue weighted by Gasteiger charge is 2.20. The van der Waals surface area contributed by atoms with Gasteiger partial charge in [0.25, 0.3) is 0 Å². The Bertz CT molecular complexity index is 333. The first-order valence-electron chi connectivity index (χ1n) is 6.70. The minimum Gasteiger partial charge on any atom is -0.395 e. The molecule has 1 aliphatic rings. The van der Waals surface area contributed by atoms with Gasteiger partial charge in [-0.1, -0.05) is 36.2 Å². The molecule has 0 bridgehead atoms. The van der Waals surface area contributed by atoms with E-state index in [9.17, 15) is 5.11 Å². The van der Waals surface area contributed by atoms with Gasteiger partial charge in [0.15, 0.2) is 0 Å². The predicted molar refractivity (Wildman–Crippen MR) is 71.2 cm³/mol. The molecule has 1 N–H and O–H groups in total. The minimum absolute atomic E-state index is 0.313. The van der Waals surface area contributed by atoms with Crippen molar-refractivity contribution in [1.82, 2.24) is 4.90 Å². The average molecular weight is 233 g/mol. The zero-order valence-corrected chi connectivity index (χ0v) is 10.7. The molecule has 1 saturated heterocycles. The zero-order chi connectivity index (χ0) is 12.1. The molecule has 2 rings (SSSR count). The number of nitrogens with zero attached hydrogens (tertiary/aromatic N) is 1. The predicted octanol–water partition coefficient (Wildman–Crippen LogP) is 2.38. The molecule has 0 amide bonds. The third-order valence-electron chi connectivity index (χ3n) is 3.77. The van der Waals surface area contributed by atoms with E-state index in [0.29, 0.717) is 12.6 Å². The highest BCUT2D eigenvalue weighted by atomic mass is 16.3. The van der Waals surface area contributed by atoms with Gasteiger partial charge in [0.2, 0.25) is 0 Å². The van der Waals surface area contributed by atoms with Crippen LogP contribution in [-0.2, 0) is 6.42 Å².